The molecule has 1 rings (SSSR count). The van der Waals surface area contributed by atoms with Crippen LogP contribution in [-0.2, 0) is 0 Å². The highest BCUT2D eigenvalue weighted by molar-refractivity contribution is 7.99. The number of hydrogen-bond acceptors (Lipinski definition) is 2. The molecule has 0 heterocycles. The molecule has 12 heavy (non-hydrogen) atoms. The average molecular weight is 198 g/mol. The number of rotatable bonds is 2. The van der Waals surface area contributed by atoms with Gasteiger partial charge in [0.15, 0.2) is 0 Å². The highest BCUT2D eigenvalue weighted by Crippen LogP contribution is 2.29. The first-order valence-corrected chi connectivity index (χ1v) is 4.97. The summed E-state index contributed by atoms with van der Waals surface area (Å²) in [6.07, 6.45) is 0. The van der Waals surface area contributed by atoms with E-state index in [1.54, 1.807) is 30.0 Å². The minimum atomic E-state index is 0.661. The maximum atomic E-state index is 8.75. The van der Waals surface area contributed by atoms with Crippen molar-refractivity contribution in [3.05, 3.63) is 28.8 Å². The summed E-state index contributed by atoms with van der Waals surface area (Å²) in [6.45, 7) is 2.04. The van der Waals surface area contributed by atoms with E-state index in [2.05, 4.69) is 6.07 Å². The van der Waals surface area contributed by atoms with Gasteiger partial charge in [0.25, 0.3) is 0 Å². The standard InChI is InChI=1S/C9H8ClNS/c1-2-12-9-7(6-11)4-3-5-8(9)10/h3-5H,2H2,1H3. The first kappa shape index (κ1) is 9.44. The second-order valence-electron chi connectivity index (χ2n) is 2.16. The molecule has 62 valence electrons. The van der Waals surface area contributed by atoms with Crippen molar-refractivity contribution >= 4 is 23.4 Å². The maximum absolute atomic E-state index is 8.75. The van der Waals surface area contributed by atoms with E-state index in [4.69, 9.17) is 16.9 Å². The van der Waals surface area contributed by atoms with Crippen LogP contribution in [0.25, 0.3) is 0 Å². The van der Waals surface area contributed by atoms with Crippen LogP contribution in [0.1, 0.15) is 12.5 Å². The first-order valence-electron chi connectivity index (χ1n) is 3.61. The van der Waals surface area contributed by atoms with Crippen LogP contribution in [0.2, 0.25) is 5.02 Å². The Morgan fingerprint density at radius 2 is 2.33 bits per heavy atom. The SMILES string of the molecule is CCSc1c(Cl)cccc1C#N. The molecule has 1 aromatic carbocycles. The lowest BCUT2D eigenvalue weighted by atomic mass is 10.2. The topological polar surface area (TPSA) is 23.8 Å². The van der Waals surface area contributed by atoms with Crippen molar-refractivity contribution in [1.82, 2.24) is 0 Å². The Kier molecular flexibility index (Phi) is 3.46. The third-order valence-corrected chi connectivity index (χ3v) is 2.82. The molecule has 1 aromatic rings. The highest BCUT2D eigenvalue weighted by Gasteiger charge is 2.04. The van der Waals surface area contributed by atoms with Crippen LogP contribution in [0.5, 0.6) is 0 Å². The second kappa shape index (κ2) is 4.39. The van der Waals surface area contributed by atoms with E-state index in [1.807, 2.05) is 6.92 Å². The lowest BCUT2D eigenvalue weighted by Gasteiger charge is -2.02. The zero-order valence-electron chi connectivity index (χ0n) is 6.67. The lowest BCUT2D eigenvalue weighted by Crippen LogP contribution is -1.82. The van der Waals surface area contributed by atoms with Gasteiger partial charge in [-0.1, -0.05) is 24.6 Å². The lowest BCUT2D eigenvalue weighted by molar-refractivity contribution is 1.36. The predicted octanol–water partition coefficient (Wildman–Crippen LogP) is 3.32. The molecule has 0 saturated carbocycles. The van der Waals surface area contributed by atoms with Crippen molar-refractivity contribution in [3.8, 4) is 6.07 Å². The molecule has 0 aliphatic rings. The third kappa shape index (κ3) is 1.94. The van der Waals surface area contributed by atoms with Crippen molar-refractivity contribution in [2.45, 2.75) is 11.8 Å². The fraction of sp³-hybridized carbons (Fsp3) is 0.222. The van der Waals surface area contributed by atoms with Gasteiger partial charge in [0.05, 0.1) is 10.6 Å². The van der Waals surface area contributed by atoms with Gasteiger partial charge in [-0.05, 0) is 17.9 Å². The van der Waals surface area contributed by atoms with Crippen molar-refractivity contribution < 1.29 is 0 Å². The van der Waals surface area contributed by atoms with Crippen molar-refractivity contribution in [3.63, 3.8) is 0 Å². The highest BCUT2D eigenvalue weighted by atomic mass is 35.5. The van der Waals surface area contributed by atoms with Gasteiger partial charge >= 0.3 is 0 Å². The molecule has 3 heteroatoms. The zero-order chi connectivity index (χ0) is 8.97. The Morgan fingerprint density at radius 3 is 2.92 bits per heavy atom. The molecule has 1 nitrogen and oxygen atoms in total. The third-order valence-electron chi connectivity index (χ3n) is 1.38. The zero-order valence-corrected chi connectivity index (χ0v) is 8.25. The summed E-state index contributed by atoms with van der Waals surface area (Å²) < 4.78 is 0. The number of nitriles is 1. The fourth-order valence-electron chi connectivity index (χ4n) is 0.888. The Bertz CT molecular complexity index is 317. The largest absolute Gasteiger partial charge is 0.192 e. The van der Waals surface area contributed by atoms with Gasteiger partial charge in [-0.3, -0.25) is 0 Å². The summed E-state index contributed by atoms with van der Waals surface area (Å²) >= 11 is 7.51. The Labute approximate surface area is 81.3 Å². The molecule has 0 saturated heterocycles. The molecule has 0 bridgehead atoms. The molecule has 0 fully saturated rings. The Balaban J connectivity index is 3.13. The van der Waals surface area contributed by atoms with Gasteiger partial charge in [0.1, 0.15) is 6.07 Å². The van der Waals surface area contributed by atoms with Gasteiger partial charge in [-0.2, -0.15) is 5.26 Å². The summed E-state index contributed by atoms with van der Waals surface area (Å²) in [5.74, 6) is 0.929. The molecule has 0 unspecified atom stereocenters. The molecule has 0 aliphatic heterocycles. The number of benzene rings is 1. The van der Waals surface area contributed by atoms with Crippen LogP contribution in [0, 0.1) is 11.3 Å². The van der Waals surface area contributed by atoms with E-state index in [9.17, 15) is 0 Å². The van der Waals surface area contributed by atoms with E-state index in [-0.39, 0.29) is 0 Å². The van der Waals surface area contributed by atoms with Gasteiger partial charge in [0, 0.05) is 4.90 Å². The molecular formula is C9H8ClNS. The molecule has 0 aromatic heterocycles. The smallest absolute Gasteiger partial charge is 0.100 e. The minimum Gasteiger partial charge on any atom is -0.192 e. The summed E-state index contributed by atoms with van der Waals surface area (Å²) in [7, 11) is 0. The molecule has 0 amide bonds. The molecular weight excluding hydrogens is 190 g/mol. The number of thioether (sulfide) groups is 1. The van der Waals surface area contributed by atoms with E-state index >= 15 is 0 Å². The second-order valence-corrected chi connectivity index (χ2v) is 3.84. The maximum Gasteiger partial charge on any atom is 0.100 e. The van der Waals surface area contributed by atoms with Gasteiger partial charge < -0.3 is 0 Å². The minimum absolute atomic E-state index is 0.661. The molecule has 0 N–H and O–H groups in total. The summed E-state index contributed by atoms with van der Waals surface area (Å²) in [5.41, 5.74) is 0.661. The van der Waals surface area contributed by atoms with Crippen LogP contribution in [0.15, 0.2) is 23.1 Å². The number of nitrogens with zero attached hydrogens (tertiary/aromatic N) is 1. The van der Waals surface area contributed by atoms with Crippen LogP contribution < -0.4 is 0 Å². The van der Waals surface area contributed by atoms with Crippen LogP contribution in [-0.4, -0.2) is 5.75 Å². The van der Waals surface area contributed by atoms with Gasteiger partial charge in [-0.15, -0.1) is 11.8 Å². The molecule has 0 aliphatic carbocycles. The molecule has 0 radical (unpaired) electrons. The summed E-state index contributed by atoms with van der Waals surface area (Å²) in [6, 6.07) is 7.50. The molecule has 0 spiro atoms. The monoisotopic (exact) mass is 197 g/mol. The van der Waals surface area contributed by atoms with E-state index in [0.717, 1.165) is 10.6 Å². The fourth-order valence-corrected chi connectivity index (χ4v) is 1.99. The van der Waals surface area contributed by atoms with Crippen molar-refractivity contribution in [2.24, 2.45) is 0 Å². The quantitative estimate of drug-likeness (QED) is 0.680. The van der Waals surface area contributed by atoms with Crippen molar-refractivity contribution in [1.29, 1.82) is 5.26 Å². The Hall–Kier alpha value is -0.650. The van der Waals surface area contributed by atoms with Crippen LogP contribution in [0.3, 0.4) is 0 Å². The predicted molar refractivity (Wildman–Crippen MR) is 52.6 cm³/mol. The molecule has 0 atom stereocenters. The van der Waals surface area contributed by atoms with Crippen LogP contribution in [0.4, 0.5) is 0 Å². The van der Waals surface area contributed by atoms with Crippen LogP contribution >= 0.6 is 23.4 Å². The average Bonchev–Trinajstić information content (AvgIpc) is 2.09. The number of halogens is 1. The normalized spacial score (nSPS) is 9.42. The summed E-state index contributed by atoms with van der Waals surface area (Å²) in [5, 5.41) is 9.42. The number of hydrogen-bond donors (Lipinski definition) is 0. The van der Waals surface area contributed by atoms with E-state index in [1.165, 1.54) is 0 Å². The summed E-state index contributed by atoms with van der Waals surface area (Å²) in [4.78, 5) is 0.893. The first-order chi connectivity index (χ1) is 5.79. The van der Waals surface area contributed by atoms with E-state index < -0.39 is 0 Å². The van der Waals surface area contributed by atoms with Gasteiger partial charge in [0.2, 0.25) is 0 Å². The van der Waals surface area contributed by atoms with E-state index in [0.29, 0.717) is 10.6 Å². The Morgan fingerprint density at radius 1 is 1.58 bits per heavy atom. The van der Waals surface area contributed by atoms with Gasteiger partial charge in [-0.25, -0.2) is 0 Å². The van der Waals surface area contributed by atoms with Crippen molar-refractivity contribution in [2.75, 3.05) is 5.75 Å².